The summed E-state index contributed by atoms with van der Waals surface area (Å²) < 4.78 is 26.1. The third kappa shape index (κ3) is 4.48. The number of aryl methyl sites for hydroxylation is 1. The monoisotopic (exact) mass is 303 g/mol. The van der Waals surface area contributed by atoms with Crippen LogP contribution in [-0.4, -0.2) is 32.2 Å². The van der Waals surface area contributed by atoms with Crippen LogP contribution in [0.5, 0.6) is 0 Å². The first-order chi connectivity index (χ1) is 8.91. The second-order valence-corrected chi connectivity index (χ2v) is 7.30. The Kier molecular flexibility index (Phi) is 6.30. The van der Waals surface area contributed by atoms with Crippen LogP contribution in [0.1, 0.15) is 25.8 Å². The van der Waals surface area contributed by atoms with Crippen molar-refractivity contribution in [3.05, 3.63) is 29.8 Å². The van der Waals surface area contributed by atoms with Crippen molar-refractivity contribution in [3.63, 3.8) is 0 Å². The van der Waals surface area contributed by atoms with Crippen LogP contribution >= 0.6 is 11.6 Å². The minimum absolute atomic E-state index is 0.344. The molecule has 0 N–H and O–H groups in total. The molecule has 0 aliphatic heterocycles. The molecule has 0 heterocycles. The highest BCUT2D eigenvalue weighted by atomic mass is 35.5. The van der Waals surface area contributed by atoms with Crippen LogP contribution in [0.15, 0.2) is 29.2 Å². The molecule has 5 heteroatoms. The molecule has 1 atom stereocenters. The van der Waals surface area contributed by atoms with Crippen molar-refractivity contribution in [1.82, 2.24) is 4.31 Å². The molecule has 0 fully saturated rings. The summed E-state index contributed by atoms with van der Waals surface area (Å²) in [7, 11) is -1.74. The van der Waals surface area contributed by atoms with Gasteiger partial charge in [-0.15, -0.1) is 11.6 Å². The molecule has 0 aliphatic carbocycles. The summed E-state index contributed by atoms with van der Waals surface area (Å²) in [6.07, 6.45) is 1.72. The zero-order valence-corrected chi connectivity index (χ0v) is 13.3. The Labute approximate surface area is 121 Å². The lowest BCUT2D eigenvalue weighted by atomic mass is 10.1. The molecule has 1 aromatic rings. The first-order valence-electron chi connectivity index (χ1n) is 6.53. The number of sulfonamides is 1. The van der Waals surface area contributed by atoms with Crippen molar-refractivity contribution >= 4 is 21.6 Å². The van der Waals surface area contributed by atoms with E-state index in [-0.39, 0.29) is 0 Å². The minimum atomic E-state index is -3.38. The van der Waals surface area contributed by atoms with Gasteiger partial charge in [0.25, 0.3) is 0 Å². The Balaban J connectivity index is 2.87. The van der Waals surface area contributed by atoms with Crippen molar-refractivity contribution in [3.8, 4) is 0 Å². The average molecular weight is 304 g/mol. The molecule has 1 rings (SSSR count). The van der Waals surface area contributed by atoms with E-state index in [0.29, 0.717) is 23.2 Å². The summed E-state index contributed by atoms with van der Waals surface area (Å²) in [5.41, 5.74) is 1.05. The van der Waals surface area contributed by atoms with Crippen LogP contribution < -0.4 is 0 Å². The summed E-state index contributed by atoms with van der Waals surface area (Å²) in [6.45, 7) is 4.66. The molecule has 0 spiro atoms. The van der Waals surface area contributed by atoms with E-state index in [1.807, 2.05) is 12.1 Å². The standard InChI is InChI=1S/C14H22ClNO2S/c1-4-12(2)11-16(3)19(17,18)14-7-5-13(6-8-14)9-10-15/h5-8,12H,4,9-11H2,1-3H3. The van der Waals surface area contributed by atoms with Gasteiger partial charge in [0.05, 0.1) is 4.90 Å². The summed E-state index contributed by atoms with van der Waals surface area (Å²) in [4.78, 5) is 0.344. The van der Waals surface area contributed by atoms with Crippen molar-refractivity contribution in [2.45, 2.75) is 31.6 Å². The number of hydrogen-bond acceptors (Lipinski definition) is 2. The molecule has 0 saturated carbocycles. The Morgan fingerprint density at radius 3 is 2.32 bits per heavy atom. The van der Waals surface area contributed by atoms with Crippen LogP contribution in [0.25, 0.3) is 0 Å². The lowest BCUT2D eigenvalue weighted by molar-refractivity contribution is 0.393. The highest BCUT2D eigenvalue weighted by Crippen LogP contribution is 2.17. The van der Waals surface area contributed by atoms with E-state index in [0.717, 1.165) is 18.4 Å². The van der Waals surface area contributed by atoms with E-state index in [4.69, 9.17) is 11.6 Å². The molecule has 1 aromatic carbocycles. The van der Waals surface area contributed by atoms with Gasteiger partial charge in [-0.3, -0.25) is 0 Å². The Hall–Kier alpha value is -0.580. The molecular formula is C14H22ClNO2S. The number of benzene rings is 1. The predicted octanol–water partition coefficient (Wildman–Crippen LogP) is 3.13. The van der Waals surface area contributed by atoms with Gasteiger partial charge >= 0.3 is 0 Å². The lowest BCUT2D eigenvalue weighted by Gasteiger charge is -2.20. The van der Waals surface area contributed by atoms with Gasteiger partial charge in [0.15, 0.2) is 0 Å². The van der Waals surface area contributed by atoms with E-state index in [1.54, 1.807) is 19.2 Å². The van der Waals surface area contributed by atoms with E-state index >= 15 is 0 Å². The average Bonchev–Trinajstić information content (AvgIpc) is 2.39. The molecule has 108 valence electrons. The molecule has 19 heavy (non-hydrogen) atoms. The highest BCUT2D eigenvalue weighted by Gasteiger charge is 2.21. The van der Waals surface area contributed by atoms with Crippen LogP contribution in [-0.2, 0) is 16.4 Å². The molecule has 1 unspecified atom stereocenters. The van der Waals surface area contributed by atoms with Gasteiger partial charge in [0, 0.05) is 19.5 Å². The summed E-state index contributed by atoms with van der Waals surface area (Å²) in [5, 5.41) is 0. The van der Waals surface area contributed by atoms with Crippen LogP contribution in [0.2, 0.25) is 0 Å². The first kappa shape index (κ1) is 16.5. The van der Waals surface area contributed by atoms with Gasteiger partial charge in [0.1, 0.15) is 0 Å². The third-order valence-electron chi connectivity index (χ3n) is 3.28. The van der Waals surface area contributed by atoms with E-state index in [1.165, 1.54) is 4.31 Å². The first-order valence-corrected chi connectivity index (χ1v) is 8.50. The van der Waals surface area contributed by atoms with Gasteiger partial charge in [-0.2, -0.15) is 0 Å². The number of halogens is 1. The summed E-state index contributed by atoms with van der Waals surface area (Å²) in [5.74, 6) is 0.898. The van der Waals surface area contributed by atoms with E-state index in [2.05, 4.69) is 13.8 Å². The molecule has 0 radical (unpaired) electrons. The highest BCUT2D eigenvalue weighted by molar-refractivity contribution is 7.89. The van der Waals surface area contributed by atoms with E-state index < -0.39 is 10.0 Å². The molecule has 3 nitrogen and oxygen atoms in total. The van der Waals surface area contributed by atoms with Crippen molar-refractivity contribution < 1.29 is 8.42 Å². The van der Waals surface area contributed by atoms with Crippen molar-refractivity contribution in [2.75, 3.05) is 19.5 Å². The maximum Gasteiger partial charge on any atom is 0.242 e. The maximum atomic E-state index is 12.4. The van der Waals surface area contributed by atoms with Gasteiger partial charge < -0.3 is 0 Å². The Bertz CT molecular complexity index is 485. The van der Waals surface area contributed by atoms with Crippen LogP contribution in [0.3, 0.4) is 0 Å². The van der Waals surface area contributed by atoms with Crippen LogP contribution in [0.4, 0.5) is 0 Å². The topological polar surface area (TPSA) is 37.4 Å². The fraction of sp³-hybridized carbons (Fsp3) is 0.571. The van der Waals surface area contributed by atoms with Gasteiger partial charge in [0.2, 0.25) is 10.0 Å². The Morgan fingerprint density at radius 1 is 1.26 bits per heavy atom. The zero-order chi connectivity index (χ0) is 14.5. The van der Waals surface area contributed by atoms with Gasteiger partial charge in [-0.05, 0) is 30.0 Å². The molecule has 0 aromatic heterocycles. The lowest BCUT2D eigenvalue weighted by Crippen LogP contribution is -2.31. The number of rotatable bonds is 7. The fourth-order valence-electron chi connectivity index (χ4n) is 1.78. The minimum Gasteiger partial charge on any atom is -0.207 e. The molecule has 0 amide bonds. The summed E-state index contributed by atoms with van der Waals surface area (Å²) in [6, 6.07) is 6.97. The number of hydrogen-bond donors (Lipinski definition) is 0. The predicted molar refractivity (Wildman–Crippen MR) is 80.1 cm³/mol. The maximum absolute atomic E-state index is 12.4. The third-order valence-corrected chi connectivity index (χ3v) is 5.31. The number of nitrogens with zero attached hydrogens (tertiary/aromatic N) is 1. The smallest absolute Gasteiger partial charge is 0.207 e. The van der Waals surface area contributed by atoms with E-state index in [9.17, 15) is 8.42 Å². The normalized spacial score (nSPS) is 13.7. The molecule has 0 saturated heterocycles. The zero-order valence-electron chi connectivity index (χ0n) is 11.8. The second-order valence-electron chi connectivity index (χ2n) is 4.88. The quantitative estimate of drug-likeness (QED) is 0.726. The van der Waals surface area contributed by atoms with Crippen LogP contribution in [0, 0.1) is 5.92 Å². The number of alkyl halides is 1. The van der Waals surface area contributed by atoms with Crippen molar-refractivity contribution in [1.29, 1.82) is 0 Å². The second kappa shape index (κ2) is 7.27. The van der Waals surface area contributed by atoms with Gasteiger partial charge in [-0.1, -0.05) is 32.4 Å². The molecule has 0 bridgehead atoms. The SMILES string of the molecule is CCC(C)CN(C)S(=O)(=O)c1ccc(CCCl)cc1. The Morgan fingerprint density at radius 2 is 1.84 bits per heavy atom. The molecule has 0 aliphatic rings. The fourth-order valence-corrected chi connectivity index (χ4v) is 3.29. The molecular weight excluding hydrogens is 282 g/mol. The summed E-state index contributed by atoms with van der Waals surface area (Å²) >= 11 is 5.66. The largest absolute Gasteiger partial charge is 0.242 e. The van der Waals surface area contributed by atoms with Gasteiger partial charge in [-0.25, -0.2) is 12.7 Å². The van der Waals surface area contributed by atoms with Crippen molar-refractivity contribution in [2.24, 2.45) is 5.92 Å².